The fraction of sp³-hybridized carbons (Fsp3) is 0.316. The van der Waals surface area contributed by atoms with Crippen molar-refractivity contribution in [1.29, 1.82) is 0 Å². The Hall–Kier alpha value is -2.13. The first-order chi connectivity index (χ1) is 10.7. The van der Waals surface area contributed by atoms with Crippen LogP contribution in [0.2, 0.25) is 0 Å². The van der Waals surface area contributed by atoms with E-state index in [0.29, 0.717) is 12.6 Å². The molecule has 2 aromatic carbocycles. The molecule has 1 aliphatic carbocycles. The Labute approximate surface area is 131 Å². The van der Waals surface area contributed by atoms with E-state index in [9.17, 15) is 4.79 Å². The molecule has 3 nitrogen and oxygen atoms in total. The van der Waals surface area contributed by atoms with Crippen molar-refractivity contribution in [3.8, 4) is 0 Å². The summed E-state index contributed by atoms with van der Waals surface area (Å²) in [6.07, 6.45) is 2.20. The van der Waals surface area contributed by atoms with Gasteiger partial charge in [0.2, 0.25) is 5.91 Å². The van der Waals surface area contributed by atoms with Gasteiger partial charge in [0, 0.05) is 12.6 Å². The van der Waals surface area contributed by atoms with Gasteiger partial charge in [-0.1, -0.05) is 60.2 Å². The maximum absolute atomic E-state index is 12.5. The minimum Gasteiger partial charge on any atom is -0.352 e. The van der Waals surface area contributed by atoms with Crippen LogP contribution in [0, 0.1) is 6.92 Å². The Morgan fingerprint density at radius 3 is 2.41 bits per heavy atom. The van der Waals surface area contributed by atoms with Crippen LogP contribution in [0.25, 0.3) is 0 Å². The number of nitrogens with one attached hydrogen (secondary N) is 2. The van der Waals surface area contributed by atoms with Crippen LogP contribution in [-0.2, 0) is 11.3 Å². The second-order valence-corrected chi connectivity index (χ2v) is 5.99. The third-order valence-electron chi connectivity index (χ3n) is 3.95. The molecule has 1 amide bonds. The lowest BCUT2D eigenvalue weighted by Crippen LogP contribution is -2.38. The molecule has 0 spiro atoms. The summed E-state index contributed by atoms with van der Waals surface area (Å²) in [7, 11) is 0. The lowest BCUT2D eigenvalue weighted by molar-refractivity contribution is -0.123. The van der Waals surface area contributed by atoms with Gasteiger partial charge < -0.3 is 5.32 Å². The molecule has 0 bridgehead atoms. The number of hydrogen-bond acceptors (Lipinski definition) is 2. The standard InChI is InChI=1S/C19H22N2O/c1-14-7-9-15(10-8-14)13-20-18(16-5-3-2-4-6-16)19(22)21-17-11-12-17/h2-10,17-18,20H,11-13H2,1H3,(H,21,22). The molecule has 2 aromatic rings. The number of aryl methyl sites for hydroxylation is 1. The van der Waals surface area contributed by atoms with Crippen molar-refractivity contribution in [2.45, 2.75) is 38.4 Å². The van der Waals surface area contributed by atoms with Crippen LogP contribution < -0.4 is 10.6 Å². The van der Waals surface area contributed by atoms with Crippen molar-refractivity contribution in [2.24, 2.45) is 0 Å². The van der Waals surface area contributed by atoms with E-state index < -0.39 is 0 Å². The molecular formula is C19H22N2O. The predicted molar refractivity (Wildman–Crippen MR) is 88.4 cm³/mol. The molecule has 2 N–H and O–H groups in total. The summed E-state index contributed by atoms with van der Waals surface area (Å²) in [6, 6.07) is 18.4. The van der Waals surface area contributed by atoms with E-state index in [2.05, 4.69) is 41.8 Å². The first kappa shape index (κ1) is 14.8. The Balaban J connectivity index is 1.70. The van der Waals surface area contributed by atoms with Crippen LogP contribution in [0.1, 0.15) is 35.6 Å². The summed E-state index contributed by atoms with van der Waals surface area (Å²) in [6.45, 7) is 2.75. The summed E-state index contributed by atoms with van der Waals surface area (Å²) in [5.74, 6) is 0.0702. The van der Waals surface area contributed by atoms with E-state index in [4.69, 9.17) is 0 Å². The Morgan fingerprint density at radius 1 is 1.09 bits per heavy atom. The van der Waals surface area contributed by atoms with Gasteiger partial charge in [-0.05, 0) is 30.9 Å². The molecule has 3 heteroatoms. The zero-order chi connectivity index (χ0) is 15.4. The Morgan fingerprint density at radius 2 is 1.77 bits per heavy atom. The lowest BCUT2D eigenvalue weighted by Gasteiger charge is -2.19. The highest BCUT2D eigenvalue weighted by Gasteiger charge is 2.28. The number of rotatable bonds is 6. The minimum absolute atomic E-state index is 0.0702. The first-order valence-electron chi connectivity index (χ1n) is 7.86. The van der Waals surface area contributed by atoms with Gasteiger partial charge in [-0.15, -0.1) is 0 Å². The molecule has 1 saturated carbocycles. The Bertz CT molecular complexity index is 618. The summed E-state index contributed by atoms with van der Waals surface area (Å²) < 4.78 is 0. The Kier molecular flexibility index (Phi) is 4.54. The second-order valence-electron chi connectivity index (χ2n) is 5.99. The minimum atomic E-state index is -0.303. The van der Waals surface area contributed by atoms with Gasteiger partial charge in [0.1, 0.15) is 6.04 Å². The van der Waals surface area contributed by atoms with Crippen LogP contribution in [0.15, 0.2) is 54.6 Å². The van der Waals surface area contributed by atoms with Crippen molar-refractivity contribution in [1.82, 2.24) is 10.6 Å². The normalized spacial score (nSPS) is 15.3. The van der Waals surface area contributed by atoms with Gasteiger partial charge in [-0.25, -0.2) is 0 Å². The van der Waals surface area contributed by atoms with Gasteiger partial charge in [-0.2, -0.15) is 0 Å². The van der Waals surface area contributed by atoms with Crippen molar-refractivity contribution in [2.75, 3.05) is 0 Å². The predicted octanol–water partition coefficient (Wildman–Crippen LogP) is 3.10. The van der Waals surface area contributed by atoms with Gasteiger partial charge >= 0.3 is 0 Å². The van der Waals surface area contributed by atoms with Crippen molar-refractivity contribution >= 4 is 5.91 Å². The molecule has 114 valence electrons. The summed E-state index contributed by atoms with van der Waals surface area (Å²) in [4.78, 5) is 12.5. The van der Waals surface area contributed by atoms with E-state index in [0.717, 1.165) is 18.4 Å². The smallest absolute Gasteiger partial charge is 0.241 e. The molecule has 0 saturated heterocycles. The van der Waals surface area contributed by atoms with Crippen LogP contribution in [0.4, 0.5) is 0 Å². The quantitative estimate of drug-likeness (QED) is 0.859. The van der Waals surface area contributed by atoms with E-state index in [1.165, 1.54) is 11.1 Å². The topological polar surface area (TPSA) is 41.1 Å². The molecule has 1 unspecified atom stereocenters. The molecule has 1 fully saturated rings. The van der Waals surface area contributed by atoms with E-state index in [-0.39, 0.29) is 11.9 Å². The van der Waals surface area contributed by atoms with E-state index in [1.807, 2.05) is 30.3 Å². The average molecular weight is 294 g/mol. The fourth-order valence-corrected chi connectivity index (χ4v) is 2.45. The largest absolute Gasteiger partial charge is 0.352 e. The molecule has 3 rings (SSSR count). The molecule has 1 atom stereocenters. The molecule has 0 aliphatic heterocycles. The fourth-order valence-electron chi connectivity index (χ4n) is 2.45. The van der Waals surface area contributed by atoms with Crippen molar-refractivity contribution in [3.63, 3.8) is 0 Å². The average Bonchev–Trinajstić information content (AvgIpc) is 3.34. The van der Waals surface area contributed by atoms with Gasteiger partial charge in [0.05, 0.1) is 0 Å². The highest BCUT2D eigenvalue weighted by Crippen LogP contribution is 2.21. The molecule has 1 aliphatic rings. The summed E-state index contributed by atoms with van der Waals surface area (Å²) in [5.41, 5.74) is 3.44. The van der Waals surface area contributed by atoms with Crippen molar-refractivity contribution in [3.05, 3.63) is 71.3 Å². The van der Waals surface area contributed by atoms with E-state index in [1.54, 1.807) is 0 Å². The number of amides is 1. The maximum Gasteiger partial charge on any atom is 0.241 e. The zero-order valence-corrected chi connectivity index (χ0v) is 12.9. The lowest BCUT2D eigenvalue weighted by atomic mass is 10.1. The van der Waals surface area contributed by atoms with Crippen LogP contribution >= 0.6 is 0 Å². The number of hydrogen-bond donors (Lipinski definition) is 2. The highest BCUT2D eigenvalue weighted by molar-refractivity contribution is 5.83. The van der Waals surface area contributed by atoms with Crippen molar-refractivity contribution < 1.29 is 4.79 Å². The first-order valence-corrected chi connectivity index (χ1v) is 7.86. The van der Waals surface area contributed by atoms with Gasteiger partial charge in [0.15, 0.2) is 0 Å². The third-order valence-corrected chi connectivity index (χ3v) is 3.95. The summed E-state index contributed by atoms with van der Waals surface area (Å²) >= 11 is 0. The monoisotopic (exact) mass is 294 g/mol. The molecule has 0 aromatic heterocycles. The summed E-state index contributed by atoms with van der Waals surface area (Å²) in [5, 5.41) is 6.49. The SMILES string of the molecule is Cc1ccc(CNC(C(=O)NC2CC2)c2ccccc2)cc1. The number of carbonyl (C=O) groups excluding carboxylic acids is 1. The maximum atomic E-state index is 12.5. The number of benzene rings is 2. The highest BCUT2D eigenvalue weighted by atomic mass is 16.2. The third kappa shape index (κ3) is 3.95. The second kappa shape index (κ2) is 6.75. The van der Waals surface area contributed by atoms with Crippen LogP contribution in [0.5, 0.6) is 0 Å². The van der Waals surface area contributed by atoms with Crippen LogP contribution in [0.3, 0.4) is 0 Å². The van der Waals surface area contributed by atoms with E-state index >= 15 is 0 Å². The molecule has 0 radical (unpaired) electrons. The van der Waals surface area contributed by atoms with Gasteiger partial charge in [0.25, 0.3) is 0 Å². The van der Waals surface area contributed by atoms with Gasteiger partial charge in [-0.3, -0.25) is 10.1 Å². The van der Waals surface area contributed by atoms with Crippen LogP contribution in [-0.4, -0.2) is 11.9 Å². The molecule has 0 heterocycles. The number of carbonyl (C=O) groups is 1. The molecule has 22 heavy (non-hydrogen) atoms. The zero-order valence-electron chi connectivity index (χ0n) is 12.9. The molecular weight excluding hydrogens is 272 g/mol.